The summed E-state index contributed by atoms with van der Waals surface area (Å²) >= 11 is 0. The summed E-state index contributed by atoms with van der Waals surface area (Å²) in [6.07, 6.45) is 3.69. The van der Waals surface area contributed by atoms with Crippen molar-refractivity contribution >= 4 is 0 Å². The summed E-state index contributed by atoms with van der Waals surface area (Å²) in [5.74, 6) is -0.833. The van der Waals surface area contributed by atoms with Crippen LogP contribution in [0.1, 0.15) is 37.8 Å². The number of hydrogen-bond donors (Lipinski definition) is 1. The SMILES string of the molecule is CCCN(CC1CC1)CC(N)c1ccc(F)c(F)c1. The standard InChI is InChI=1S/C15H22F2N2/c1-2-7-19(9-11-3-4-11)10-15(18)12-5-6-13(16)14(17)8-12/h5-6,8,11,15H,2-4,7,9-10,18H2,1H3. The maximum atomic E-state index is 13.2. The van der Waals surface area contributed by atoms with Gasteiger partial charge in [-0.15, -0.1) is 0 Å². The minimum absolute atomic E-state index is 0.264. The normalized spacial score (nSPS) is 16.9. The van der Waals surface area contributed by atoms with Crippen LogP contribution in [0.3, 0.4) is 0 Å². The van der Waals surface area contributed by atoms with Crippen molar-refractivity contribution < 1.29 is 8.78 Å². The molecule has 0 aliphatic heterocycles. The fourth-order valence-corrected chi connectivity index (χ4v) is 2.37. The van der Waals surface area contributed by atoms with Gasteiger partial charge in [0.1, 0.15) is 0 Å². The van der Waals surface area contributed by atoms with Crippen molar-refractivity contribution in [3.63, 3.8) is 0 Å². The second-order valence-corrected chi connectivity index (χ2v) is 5.48. The van der Waals surface area contributed by atoms with Gasteiger partial charge in [0.05, 0.1) is 0 Å². The zero-order chi connectivity index (χ0) is 13.8. The molecule has 1 aliphatic carbocycles. The molecule has 0 heterocycles. The van der Waals surface area contributed by atoms with Gasteiger partial charge in [0.15, 0.2) is 11.6 Å². The van der Waals surface area contributed by atoms with E-state index in [1.54, 1.807) is 6.07 Å². The van der Waals surface area contributed by atoms with Crippen molar-refractivity contribution in [3.05, 3.63) is 35.4 Å². The summed E-state index contributed by atoms with van der Waals surface area (Å²) in [5.41, 5.74) is 6.77. The molecule has 4 heteroatoms. The third kappa shape index (κ3) is 4.25. The Morgan fingerprint density at radius 1 is 1.32 bits per heavy atom. The second kappa shape index (κ2) is 6.44. The Hall–Kier alpha value is -1.00. The van der Waals surface area contributed by atoms with Gasteiger partial charge in [-0.3, -0.25) is 0 Å². The first-order valence-corrected chi connectivity index (χ1v) is 7.03. The van der Waals surface area contributed by atoms with Gasteiger partial charge < -0.3 is 10.6 Å². The Bertz CT molecular complexity index is 419. The molecule has 106 valence electrons. The molecule has 0 aromatic heterocycles. The van der Waals surface area contributed by atoms with Crippen LogP contribution in [0, 0.1) is 17.6 Å². The minimum atomic E-state index is -0.822. The summed E-state index contributed by atoms with van der Waals surface area (Å²) in [7, 11) is 0. The molecule has 0 amide bonds. The van der Waals surface area contributed by atoms with Gasteiger partial charge in [0.2, 0.25) is 0 Å². The molecule has 0 saturated heterocycles. The van der Waals surface area contributed by atoms with Crippen molar-refractivity contribution in [3.8, 4) is 0 Å². The van der Waals surface area contributed by atoms with Gasteiger partial charge in [-0.25, -0.2) is 8.78 Å². The van der Waals surface area contributed by atoms with E-state index in [0.717, 1.165) is 31.5 Å². The van der Waals surface area contributed by atoms with Crippen LogP contribution in [0.2, 0.25) is 0 Å². The Balaban J connectivity index is 1.96. The lowest BCUT2D eigenvalue weighted by Gasteiger charge is -2.25. The highest BCUT2D eigenvalue weighted by Crippen LogP contribution is 2.30. The molecule has 0 radical (unpaired) electrons. The van der Waals surface area contributed by atoms with E-state index in [1.165, 1.54) is 18.9 Å². The van der Waals surface area contributed by atoms with E-state index in [4.69, 9.17) is 5.73 Å². The van der Waals surface area contributed by atoms with Crippen LogP contribution in [0.15, 0.2) is 18.2 Å². The monoisotopic (exact) mass is 268 g/mol. The van der Waals surface area contributed by atoms with Gasteiger partial charge in [0.25, 0.3) is 0 Å². The predicted molar refractivity (Wildman–Crippen MR) is 72.7 cm³/mol. The molecule has 19 heavy (non-hydrogen) atoms. The van der Waals surface area contributed by atoms with Crippen LogP contribution in [-0.2, 0) is 0 Å². The van der Waals surface area contributed by atoms with Gasteiger partial charge in [-0.1, -0.05) is 13.0 Å². The highest BCUT2D eigenvalue weighted by atomic mass is 19.2. The van der Waals surface area contributed by atoms with Crippen molar-refractivity contribution in [1.82, 2.24) is 4.90 Å². The Kier molecular flexibility index (Phi) is 4.88. The van der Waals surface area contributed by atoms with Gasteiger partial charge in [-0.05, 0) is 49.4 Å². The van der Waals surface area contributed by atoms with E-state index in [9.17, 15) is 8.78 Å². The van der Waals surface area contributed by atoms with Crippen molar-refractivity contribution in [1.29, 1.82) is 0 Å². The Labute approximate surface area is 113 Å². The van der Waals surface area contributed by atoms with E-state index in [1.807, 2.05) is 0 Å². The lowest BCUT2D eigenvalue weighted by molar-refractivity contribution is 0.248. The summed E-state index contributed by atoms with van der Waals surface area (Å²) in [5, 5.41) is 0. The van der Waals surface area contributed by atoms with E-state index < -0.39 is 11.6 Å². The molecule has 1 saturated carbocycles. The topological polar surface area (TPSA) is 29.3 Å². The predicted octanol–water partition coefficient (Wildman–Crippen LogP) is 3.09. The maximum Gasteiger partial charge on any atom is 0.159 e. The highest BCUT2D eigenvalue weighted by molar-refractivity contribution is 5.21. The van der Waals surface area contributed by atoms with Crippen LogP contribution in [0.5, 0.6) is 0 Å². The van der Waals surface area contributed by atoms with Crippen LogP contribution >= 0.6 is 0 Å². The molecule has 1 aromatic carbocycles. The number of nitrogens with zero attached hydrogens (tertiary/aromatic N) is 1. The fraction of sp³-hybridized carbons (Fsp3) is 0.600. The minimum Gasteiger partial charge on any atom is -0.323 e. The smallest absolute Gasteiger partial charge is 0.159 e. The summed E-state index contributed by atoms with van der Waals surface area (Å²) < 4.78 is 26.1. The largest absolute Gasteiger partial charge is 0.323 e. The van der Waals surface area contributed by atoms with Gasteiger partial charge in [0, 0.05) is 19.1 Å². The molecule has 1 aromatic rings. The molecule has 1 fully saturated rings. The third-order valence-electron chi connectivity index (χ3n) is 3.58. The molecule has 2 nitrogen and oxygen atoms in total. The van der Waals surface area contributed by atoms with E-state index in [-0.39, 0.29) is 6.04 Å². The van der Waals surface area contributed by atoms with Crippen molar-refractivity contribution in [2.45, 2.75) is 32.2 Å². The maximum absolute atomic E-state index is 13.2. The summed E-state index contributed by atoms with van der Waals surface area (Å²) in [6.45, 7) is 4.93. The lowest BCUT2D eigenvalue weighted by Crippen LogP contribution is -2.34. The summed E-state index contributed by atoms with van der Waals surface area (Å²) in [6, 6.07) is 3.67. The molecule has 0 bridgehead atoms. The molecule has 2 N–H and O–H groups in total. The fourth-order valence-electron chi connectivity index (χ4n) is 2.37. The first-order valence-electron chi connectivity index (χ1n) is 7.03. The Morgan fingerprint density at radius 2 is 2.05 bits per heavy atom. The Morgan fingerprint density at radius 3 is 2.63 bits per heavy atom. The molecular formula is C15H22F2N2. The first-order chi connectivity index (χ1) is 9.10. The highest BCUT2D eigenvalue weighted by Gasteiger charge is 2.25. The third-order valence-corrected chi connectivity index (χ3v) is 3.58. The summed E-state index contributed by atoms with van der Waals surface area (Å²) in [4.78, 5) is 2.34. The lowest BCUT2D eigenvalue weighted by atomic mass is 10.1. The molecule has 0 spiro atoms. The number of benzene rings is 1. The van der Waals surface area contributed by atoms with Crippen molar-refractivity contribution in [2.24, 2.45) is 11.7 Å². The quantitative estimate of drug-likeness (QED) is 0.823. The molecule has 1 atom stereocenters. The molecular weight excluding hydrogens is 246 g/mol. The average molecular weight is 268 g/mol. The van der Waals surface area contributed by atoms with Crippen molar-refractivity contribution in [2.75, 3.05) is 19.6 Å². The zero-order valence-electron chi connectivity index (χ0n) is 11.4. The van der Waals surface area contributed by atoms with E-state index in [2.05, 4.69) is 11.8 Å². The number of hydrogen-bond acceptors (Lipinski definition) is 2. The molecule has 2 rings (SSSR count). The number of rotatable bonds is 7. The van der Waals surface area contributed by atoms with Crippen LogP contribution in [0.4, 0.5) is 8.78 Å². The zero-order valence-corrected chi connectivity index (χ0v) is 11.4. The molecule has 1 unspecified atom stereocenters. The van der Waals surface area contributed by atoms with E-state index in [0.29, 0.717) is 12.1 Å². The number of nitrogens with two attached hydrogens (primary N) is 1. The van der Waals surface area contributed by atoms with Gasteiger partial charge >= 0.3 is 0 Å². The van der Waals surface area contributed by atoms with Crippen LogP contribution < -0.4 is 5.73 Å². The number of halogens is 2. The molecule has 1 aliphatic rings. The van der Waals surface area contributed by atoms with E-state index >= 15 is 0 Å². The second-order valence-electron chi connectivity index (χ2n) is 5.48. The first kappa shape index (κ1) is 14.4. The van der Waals surface area contributed by atoms with Gasteiger partial charge in [-0.2, -0.15) is 0 Å². The van der Waals surface area contributed by atoms with Crippen LogP contribution in [0.25, 0.3) is 0 Å². The van der Waals surface area contributed by atoms with Crippen LogP contribution in [-0.4, -0.2) is 24.5 Å². The average Bonchev–Trinajstić information content (AvgIpc) is 3.16.